The van der Waals surface area contributed by atoms with Gasteiger partial charge in [-0.3, -0.25) is 14.9 Å². The number of nitrogens with one attached hydrogen (secondary N) is 2. The van der Waals surface area contributed by atoms with Crippen molar-refractivity contribution < 1.29 is 19.1 Å². The summed E-state index contributed by atoms with van der Waals surface area (Å²) in [7, 11) is 0. The molecule has 0 atom stereocenters. The van der Waals surface area contributed by atoms with Crippen LogP contribution >= 0.6 is 23.2 Å². The second-order valence-corrected chi connectivity index (χ2v) is 10.9. The molecule has 1 aliphatic carbocycles. The number of Topliss-reactive ketones (excluding diaryl/α,β-unsaturated/α-hetero) is 1. The Morgan fingerprint density at radius 3 is 2.17 bits per heavy atom. The largest absolute Gasteiger partial charge is 0.444 e. The van der Waals surface area contributed by atoms with Gasteiger partial charge in [0.05, 0.1) is 10.7 Å². The van der Waals surface area contributed by atoms with E-state index in [0.717, 1.165) is 11.1 Å². The molecule has 1 aliphatic rings. The smallest absolute Gasteiger partial charge is 0.412 e. The number of carbonyl (C=O) groups excluding carboxylic acids is 3. The molecule has 3 rings (SSSR count). The third-order valence-electron chi connectivity index (χ3n) is 6.04. The van der Waals surface area contributed by atoms with E-state index in [0.29, 0.717) is 47.1 Å². The van der Waals surface area contributed by atoms with Gasteiger partial charge >= 0.3 is 6.09 Å². The van der Waals surface area contributed by atoms with Gasteiger partial charge < -0.3 is 10.1 Å². The third-order valence-corrected chi connectivity index (χ3v) is 6.76. The zero-order valence-corrected chi connectivity index (χ0v) is 22.1. The first-order valence-electron chi connectivity index (χ1n) is 11.8. The Balaban J connectivity index is 1.49. The van der Waals surface area contributed by atoms with Crippen LogP contribution in [0.5, 0.6) is 0 Å². The summed E-state index contributed by atoms with van der Waals surface area (Å²) in [5.74, 6) is -0.0910. The van der Waals surface area contributed by atoms with Crippen molar-refractivity contribution in [2.24, 2.45) is 11.8 Å². The molecule has 8 heteroatoms. The molecule has 1 fully saturated rings. The van der Waals surface area contributed by atoms with Gasteiger partial charge in [-0.05, 0) is 88.8 Å². The summed E-state index contributed by atoms with van der Waals surface area (Å²) in [5.41, 5.74) is 2.24. The molecular formula is C27H32Cl2N2O4. The lowest BCUT2D eigenvalue weighted by Crippen LogP contribution is -2.30. The highest BCUT2D eigenvalue weighted by atomic mass is 35.5. The number of amides is 2. The molecule has 2 amide bonds. The van der Waals surface area contributed by atoms with Gasteiger partial charge in [0.15, 0.2) is 0 Å². The number of ether oxygens (including phenoxy) is 1. The van der Waals surface area contributed by atoms with Crippen LogP contribution in [-0.2, 0) is 20.7 Å². The highest BCUT2D eigenvalue weighted by Crippen LogP contribution is 2.32. The number of halogens is 2. The van der Waals surface area contributed by atoms with Gasteiger partial charge in [-0.2, -0.15) is 0 Å². The van der Waals surface area contributed by atoms with Crippen molar-refractivity contribution in [2.75, 3.05) is 10.6 Å². The summed E-state index contributed by atoms with van der Waals surface area (Å²) in [5, 5.41) is 6.53. The summed E-state index contributed by atoms with van der Waals surface area (Å²) in [6, 6.07) is 10.6. The fourth-order valence-electron chi connectivity index (χ4n) is 4.12. The fourth-order valence-corrected chi connectivity index (χ4v) is 4.55. The minimum Gasteiger partial charge on any atom is -0.444 e. The SMILES string of the molecule is Cc1ccc(NC(=O)C2CCC(C(=O)Cc3ccc(NC(=O)OC(C)(C)C)c(Cl)c3)CC2)cc1Cl. The molecule has 188 valence electrons. The topological polar surface area (TPSA) is 84.5 Å². The molecule has 0 saturated heterocycles. The molecule has 1 saturated carbocycles. The van der Waals surface area contributed by atoms with Crippen LogP contribution in [0.2, 0.25) is 10.0 Å². The van der Waals surface area contributed by atoms with Crippen LogP contribution in [0.4, 0.5) is 16.2 Å². The molecule has 2 aromatic carbocycles. The Bertz CT molecular complexity index is 1100. The summed E-state index contributed by atoms with van der Waals surface area (Å²) in [4.78, 5) is 37.5. The van der Waals surface area contributed by atoms with Crippen LogP contribution in [0.1, 0.15) is 57.6 Å². The van der Waals surface area contributed by atoms with E-state index < -0.39 is 11.7 Å². The fraction of sp³-hybridized carbons (Fsp3) is 0.444. The molecule has 2 N–H and O–H groups in total. The number of hydrogen-bond acceptors (Lipinski definition) is 4. The zero-order chi connectivity index (χ0) is 25.8. The summed E-state index contributed by atoms with van der Waals surface area (Å²) in [6.45, 7) is 7.25. The Morgan fingerprint density at radius 2 is 1.57 bits per heavy atom. The van der Waals surface area contributed by atoms with E-state index >= 15 is 0 Å². The molecule has 35 heavy (non-hydrogen) atoms. The van der Waals surface area contributed by atoms with E-state index in [1.54, 1.807) is 45.0 Å². The average Bonchev–Trinajstić information content (AvgIpc) is 2.77. The maximum Gasteiger partial charge on any atom is 0.412 e. The number of benzene rings is 2. The first-order chi connectivity index (χ1) is 16.4. The summed E-state index contributed by atoms with van der Waals surface area (Å²) in [6.07, 6.45) is 2.36. The maximum atomic E-state index is 12.9. The van der Waals surface area contributed by atoms with E-state index in [4.69, 9.17) is 27.9 Å². The lowest BCUT2D eigenvalue weighted by atomic mass is 9.78. The Hall–Kier alpha value is -2.57. The molecule has 0 aliphatic heterocycles. The Morgan fingerprint density at radius 1 is 0.914 bits per heavy atom. The van der Waals surface area contributed by atoms with Gasteiger partial charge in [0.25, 0.3) is 0 Å². The van der Waals surface area contributed by atoms with Crippen molar-refractivity contribution in [3.05, 3.63) is 57.6 Å². The number of anilines is 2. The minimum atomic E-state index is -0.614. The van der Waals surface area contributed by atoms with Gasteiger partial charge in [-0.1, -0.05) is 35.3 Å². The van der Waals surface area contributed by atoms with E-state index in [9.17, 15) is 14.4 Å². The van der Waals surface area contributed by atoms with E-state index in [-0.39, 0.29) is 29.9 Å². The van der Waals surface area contributed by atoms with E-state index in [1.165, 1.54) is 0 Å². The molecule has 0 bridgehead atoms. The van der Waals surface area contributed by atoms with Gasteiger partial charge in [-0.25, -0.2) is 4.79 Å². The predicted octanol–water partition coefficient (Wildman–Crippen LogP) is 7.21. The Labute approximate surface area is 216 Å². The van der Waals surface area contributed by atoms with Crippen LogP contribution < -0.4 is 10.6 Å². The van der Waals surface area contributed by atoms with Gasteiger partial charge in [0, 0.05) is 29.0 Å². The molecule has 0 radical (unpaired) electrons. The summed E-state index contributed by atoms with van der Waals surface area (Å²) >= 11 is 12.5. The first kappa shape index (κ1) is 27.0. The quantitative estimate of drug-likeness (QED) is 0.423. The van der Waals surface area contributed by atoms with Crippen LogP contribution in [0.25, 0.3) is 0 Å². The highest BCUT2D eigenvalue weighted by molar-refractivity contribution is 6.33. The van der Waals surface area contributed by atoms with Crippen molar-refractivity contribution in [3.63, 3.8) is 0 Å². The van der Waals surface area contributed by atoms with Gasteiger partial charge in [0.2, 0.25) is 5.91 Å². The van der Waals surface area contributed by atoms with E-state index in [1.807, 2.05) is 19.1 Å². The third kappa shape index (κ3) is 7.97. The molecular weight excluding hydrogens is 487 g/mol. The monoisotopic (exact) mass is 518 g/mol. The highest BCUT2D eigenvalue weighted by Gasteiger charge is 2.30. The van der Waals surface area contributed by atoms with Crippen LogP contribution in [-0.4, -0.2) is 23.4 Å². The van der Waals surface area contributed by atoms with Crippen molar-refractivity contribution >= 4 is 52.4 Å². The number of ketones is 1. The molecule has 2 aromatic rings. The lowest BCUT2D eigenvalue weighted by molar-refractivity contribution is -0.126. The van der Waals surface area contributed by atoms with Crippen LogP contribution in [0, 0.1) is 18.8 Å². The van der Waals surface area contributed by atoms with Gasteiger partial charge in [-0.15, -0.1) is 0 Å². The minimum absolute atomic E-state index is 0.0318. The molecule has 0 aromatic heterocycles. The average molecular weight is 519 g/mol. The molecule has 0 spiro atoms. The van der Waals surface area contributed by atoms with Crippen molar-refractivity contribution in [2.45, 2.75) is 65.4 Å². The van der Waals surface area contributed by atoms with Crippen LogP contribution in [0.15, 0.2) is 36.4 Å². The van der Waals surface area contributed by atoms with Gasteiger partial charge in [0.1, 0.15) is 11.4 Å². The van der Waals surface area contributed by atoms with Crippen molar-refractivity contribution in [1.29, 1.82) is 0 Å². The maximum absolute atomic E-state index is 12.9. The lowest BCUT2D eigenvalue weighted by Gasteiger charge is -2.27. The second kappa shape index (κ2) is 11.4. The molecule has 0 heterocycles. The number of hydrogen-bond donors (Lipinski definition) is 2. The normalized spacial score (nSPS) is 18.0. The number of carbonyl (C=O) groups is 3. The molecule has 6 nitrogen and oxygen atoms in total. The number of rotatable bonds is 6. The second-order valence-electron chi connectivity index (χ2n) is 10.1. The van der Waals surface area contributed by atoms with Crippen molar-refractivity contribution in [1.82, 2.24) is 0 Å². The first-order valence-corrected chi connectivity index (χ1v) is 12.5. The summed E-state index contributed by atoms with van der Waals surface area (Å²) < 4.78 is 5.24. The predicted molar refractivity (Wildman–Crippen MR) is 140 cm³/mol. The standard InChI is InChI=1S/C27H32Cl2N2O4/c1-16-5-11-20(15-21(16)28)30-25(33)19-9-7-18(8-10-19)24(32)14-17-6-12-23(22(29)13-17)31-26(34)35-27(2,3)4/h5-6,11-13,15,18-19H,7-10,14H2,1-4H3,(H,30,33)(H,31,34). The van der Waals surface area contributed by atoms with E-state index in [2.05, 4.69) is 10.6 Å². The van der Waals surface area contributed by atoms with Crippen LogP contribution in [0.3, 0.4) is 0 Å². The Kier molecular flexibility index (Phi) is 8.84. The molecule has 0 unspecified atom stereocenters. The number of aryl methyl sites for hydroxylation is 1. The van der Waals surface area contributed by atoms with Crippen molar-refractivity contribution in [3.8, 4) is 0 Å². The zero-order valence-electron chi connectivity index (χ0n) is 20.5.